The zero-order chi connectivity index (χ0) is 21.2. The van der Waals surface area contributed by atoms with Gasteiger partial charge in [0, 0.05) is 44.8 Å². The van der Waals surface area contributed by atoms with Gasteiger partial charge in [0.2, 0.25) is 0 Å². The Balaban J connectivity index is 0.000000269. The van der Waals surface area contributed by atoms with Gasteiger partial charge in [-0.05, 0) is 30.5 Å². The first-order valence-electron chi connectivity index (χ1n) is 11.0. The number of nitrogens with one attached hydrogen (secondary N) is 2. The Morgan fingerprint density at radius 2 is 1.60 bits per heavy atom. The number of hydrogen-bond donors (Lipinski definition) is 5. The van der Waals surface area contributed by atoms with Crippen molar-refractivity contribution in [1.29, 1.82) is 0 Å². The molecule has 0 aliphatic carbocycles. The van der Waals surface area contributed by atoms with Gasteiger partial charge in [-0.25, -0.2) is 0 Å². The summed E-state index contributed by atoms with van der Waals surface area (Å²) in [7, 11) is 0. The van der Waals surface area contributed by atoms with E-state index in [2.05, 4.69) is 64.1 Å². The Labute approximate surface area is 180 Å². The average molecular weight is 413 g/mol. The fraction of sp³-hybridized carbons (Fsp3) is 0.500. The van der Waals surface area contributed by atoms with Crippen molar-refractivity contribution in [1.82, 2.24) is 15.5 Å². The predicted molar refractivity (Wildman–Crippen MR) is 121 cm³/mol. The number of aliphatic hydroxyl groups excluding tert-OH is 2. The summed E-state index contributed by atoms with van der Waals surface area (Å²) in [5.41, 5.74) is 8.06. The number of benzene rings is 2. The van der Waals surface area contributed by atoms with Crippen molar-refractivity contribution in [3.8, 4) is 0 Å². The van der Waals surface area contributed by atoms with E-state index < -0.39 is 0 Å². The number of likely N-dealkylation sites (tertiary alicyclic amines) is 1. The van der Waals surface area contributed by atoms with Crippen LogP contribution in [0.5, 0.6) is 0 Å². The van der Waals surface area contributed by atoms with Crippen LogP contribution in [0.15, 0.2) is 60.7 Å². The van der Waals surface area contributed by atoms with Crippen LogP contribution in [0, 0.1) is 0 Å². The van der Waals surface area contributed by atoms with Crippen LogP contribution in [0.4, 0.5) is 0 Å². The van der Waals surface area contributed by atoms with Gasteiger partial charge in [-0.2, -0.15) is 0 Å². The van der Waals surface area contributed by atoms with Crippen LogP contribution in [0.2, 0.25) is 0 Å². The first-order chi connectivity index (χ1) is 14.6. The fourth-order valence-electron chi connectivity index (χ4n) is 3.93. The highest BCUT2D eigenvalue weighted by atomic mass is 16.3. The van der Waals surface area contributed by atoms with E-state index in [4.69, 9.17) is 10.8 Å². The third-order valence-corrected chi connectivity index (χ3v) is 5.83. The van der Waals surface area contributed by atoms with Gasteiger partial charge in [-0.15, -0.1) is 0 Å². The second kappa shape index (κ2) is 12.2. The zero-order valence-corrected chi connectivity index (χ0v) is 17.7. The lowest BCUT2D eigenvalue weighted by atomic mass is 10.0. The molecule has 2 aliphatic heterocycles. The number of nitrogens with zero attached hydrogens (tertiary/aromatic N) is 1. The molecule has 2 aliphatic rings. The molecule has 2 fully saturated rings. The van der Waals surface area contributed by atoms with Crippen molar-refractivity contribution in [2.24, 2.45) is 5.73 Å². The largest absolute Gasteiger partial charge is 0.390 e. The van der Waals surface area contributed by atoms with Crippen LogP contribution in [-0.2, 0) is 13.1 Å². The van der Waals surface area contributed by atoms with Crippen molar-refractivity contribution in [3.63, 3.8) is 0 Å². The number of hydrogen-bond acceptors (Lipinski definition) is 6. The van der Waals surface area contributed by atoms with E-state index in [1.54, 1.807) is 0 Å². The normalized spacial score (nSPS) is 27.2. The summed E-state index contributed by atoms with van der Waals surface area (Å²) in [6.07, 6.45) is 1.24. The molecule has 4 rings (SSSR count). The summed E-state index contributed by atoms with van der Waals surface area (Å²) in [6, 6.07) is 21.0. The molecular formula is C24H36N4O2. The molecule has 164 valence electrons. The minimum Gasteiger partial charge on any atom is -0.390 e. The monoisotopic (exact) mass is 412 g/mol. The lowest BCUT2D eigenvalue weighted by molar-refractivity contribution is 0.0365. The molecule has 2 aromatic rings. The first kappa shape index (κ1) is 22.9. The fourth-order valence-corrected chi connectivity index (χ4v) is 3.93. The van der Waals surface area contributed by atoms with Gasteiger partial charge in [0.15, 0.2) is 0 Å². The van der Waals surface area contributed by atoms with Crippen molar-refractivity contribution in [2.75, 3.05) is 26.2 Å². The van der Waals surface area contributed by atoms with Gasteiger partial charge in [-0.3, -0.25) is 4.90 Å². The number of aliphatic hydroxyl groups is 2. The van der Waals surface area contributed by atoms with E-state index in [-0.39, 0.29) is 24.3 Å². The molecule has 6 nitrogen and oxygen atoms in total. The molecular weight excluding hydrogens is 376 g/mol. The minimum atomic E-state index is -0.330. The molecule has 0 unspecified atom stereocenters. The molecule has 0 amide bonds. The van der Waals surface area contributed by atoms with E-state index in [1.807, 2.05) is 12.1 Å². The van der Waals surface area contributed by atoms with E-state index in [0.29, 0.717) is 6.54 Å². The topological polar surface area (TPSA) is 93.8 Å². The van der Waals surface area contributed by atoms with Crippen LogP contribution in [0.1, 0.15) is 24.0 Å². The van der Waals surface area contributed by atoms with Crippen molar-refractivity contribution >= 4 is 0 Å². The van der Waals surface area contributed by atoms with E-state index >= 15 is 0 Å². The maximum Gasteiger partial charge on any atom is 0.0820 e. The number of rotatable bonds is 5. The maximum absolute atomic E-state index is 10.4. The van der Waals surface area contributed by atoms with Crippen LogP contribution in [0.3, 0.4) is 0 Å². The van der Waals surface area contributed by atoms with Crippen LogP contribution >= 0.6 is 0 Å². The van der Waals surface area contributed by atoms with Crippen LogP contribution < -0.4 is 16.4 Å². The van der Waals surface area contributed by atoms with Crippen molar-refractivity contribution < 1.29 is 10.2 Å². The highest BCUT2D eigenvalue weighted by Crippen LogP contribution is 2.15. The SMILES string of the molecule is N[C@H]1CCNC[C@@H]1O.O[C@H]1CN(Cc2ccccc2)CC[C@@H]1NCc1ccccc1. The molecule has 0 bridgehead atoms. The third-order valence-electron chi connectivity index (χ3n) is 5.83. The van der Waals surface area contributed by atoms with Crippen LogP contribution in [0.25, 0.3) is 0 Å². The molecule has 0 saturated carbocycles. The summed E-state index contributed by atoms with van der Waals surface area (Å²) in [5, 5.41) is 25.9. The second-order valence-corrected chi connectivity index (χ2v) is 8.27. The van der Waals surface area contributed by atoms with Crippen molar-refractivity contribution in [3.05, 3.63) is 71.8 Å². The molecule has 0 aromatic heterocycles. The van der Waals surface area contributed by atoms with Crippen LogP contribution in [-0.4, -0.2) is 65.6 Å². The molecule has 2 aromatic carbocycles. The van der Waals surface area contributed by atoms with Gasteiger partial charge in [0.1, 0.15) is 0 Å². The van der Waals surface area contributed by atoms with Crippen molar-refractivity contribution in [2.45, 2.75) is 50.2 Å². The average Bonchev–Trinajstić information content (AvgIpc) is 2.77. The summed E-state index contributed by atoms with van der Waals surface area (Å²) < 4.78 is 0. The van der Waals surface area contributed by atoms with E-state index in [9.17, 15) is 5.11 Å². The highest BCUT2D eigenvalue weighted by Gasteiger charge is 2.27. The number of β-amino-alcohol motifs (C(OH)–C–C–N with tert-alkyl or cyclic N) is 2. The molecule has 2 saturated heterocycles. The van der Waals surface area contributed by atoms with E-state index in [1.165, 1.54) is 11.1 Å². The Morgan fingerprint density at radius 1 is 0.933 bits per heavy atom. The number of nitrogens with two attached hydrogens (primary N) is 1. The number of piperidine rings is 2. The Morgan fingerprint density at radius 3 is 2.17 bits per heavy atom. The Hall–Kier alpha value is -1.80. The summed E-state index contributed by atoms with van der Waals surface area (Å²) in [4.78, 5) is 2.33. The quantitative estimate of drug-likeness (QED) is 0.505. The molecule has 30 heavy (non-hydrogen) atoms. The Bertz CT molecular complexity index is 706. The summed E-state index contributed by atoms with van der Waals surface area (Å²) in [6.45, 7) is 5.10. The molecule has 4 atom stereocenters. The predicted octanol–water partition coefficient (Wildman–Crippen LogP) is 1.08. The lowest BCUT2D eigenvalue weighted by Crippen LogP contribution is -2.52. The molecule has 2 heterocycles. The third kappa shape index (κ3) is 7.47. The second-order valence-electron chi connectivity index (χ2n) is 8.27. The smallest absolute Gasteiger partial charge is 0.0820 e. The highest BCUT2D eigenvalue weighted by molar-refractivity contribution is 5.15. The summed E-state index contributed by atoms with van der Waals surface area (Å²) >= 11 is 0. The maximum atomic E-state index is 10.4. The van der Waals surface area contributed by atoms with Gasteiger partial charge >= 0.3 is 0 Å². The first-order valence-corrected chi connectivity index (χ1v) is 11.0. The van der Waals surface area contributed by atoms with Gasteiger partial charge in [0.25, 0.3) is 0 Å². The van der Waals surface area contributed by atoms with Gasteiger partial charge in [-0.1, -0.05) is 60.7 Å². The Kier molecular flexibility index (Phi) is 9.27. The molecule has 0 radical (unpaired) electrons. The van der Waals surface area contributed by atoms with E-state index in [0.717, 1.165) is 45.6 Å². The molecule has 6 N–H and O–H groups in total. The zero-order valence-electron chi connectivity index (χ0n) is 17.7. The van der Waals surface area contributed by atoms with Gasteiger partial charge in [0.05, 0.1) is 12.2 Å². The lowest BCUT2D eigenvalue weighted by Gasteiger charge is -2.36. The summed E-state index contributed by atoms with van der Waals surface area (Å²) in [5.74, 6) is 0. The van der Waals surface area contributed by atoms with Gasteiger partial charge < -0.3 is 26.6 Å². The minimum absolute atomic E-state index is 0.00347. The molecule has 6 heteroatoms. The standard InChI is InChI=1S/C19H24N2O.C5H12N2O/c22-19-15-21(14-17-9-5-2-6-10-17)12-11-18(19)20-13-16-7-3-1-4-8-16;6-4-1-2-7-3-5(4)8/h1-10,18-20,22H,11-15H2;4-5,7-8H,1-3,6H2/t18-,19-;4-,5-/m00/s1. The molecule has 0 spiro atoms.